The Bertz CT molecular complexity index is 951. The number of pyridine rings is 2. The minimum atomic E-state index is -4.45. The molecule has 3 heterocycles. The van der Waals surface area contributed by atoms with Crippen LogP contribution >= 0.6 is 0 Å². The Labute approximate surface area is 180 Å². The predicted molar refractivity (Wildman–Crippen MR) is 115 cm³/mol. The number of aromatic nitrogens is 2. The molecule has 1 N–H and O–H groups in total. The molecule has 1 amide bonds. The molecular weight excluding hydrogens is 407 g/mol. The van der Waals surface area contributed by atoms with E-state index in [1.807, 2.05) is 45.7 Å². The van der Waals surface area contributed by atoms with Crippen LogP contribution in [0.2, 0.25) is 0 Å². The number of fused-ring (bicyclic) bond motifs is 1. The first-order valence-corrected chi connectivity index (χ1v) is 10.1. The summed E-state index contributed by atoms with van der Waals surface area (Å²) in [6.07, 6.45) is -2.80. The Morgan fingerprint density at radius 2 is 1.90 bits per heavy atom. The number of rotatable bonds is 4. The van der Waals surface area contributed by atoms with Crippen molar-refractivity contribution in [2.45, 2.75) is 46.8 Å². The molecule has 168 valence electrons. The highest BCUT2D eigenvalue weighted by Gasteiger charge is 2.32. The van der Waals surface area contributed by atoms with Gasteiger partial charge in [-0.15, -0.1) is 0 Å². The SMILES string of the molecule is Cc1cc2c(nc1NC(=O)CC(C)(C)C)N(C)CCN2Cc1ccc(C(F)(F)F)nc1. The van der Waals surface area contributed by atoms with E-state index in [0.717, 1.165) is 23.1 Å². The highest BCUT2D eigenvalue weighted by Crippen LogP contribution is 2.35. The topological polar surface area (TPSA) is 61.4 Å². The quantitative estimate of drug-likeness (QED) is 0.759. The molecule has 0 saturated carbocycles. The van der Waals surface area contributed by atoms with E-state index in [-0.39, 0.29) is 11.3 Å². The third kappa shape index (κ3) is 5.65. The van der Waals surface area contributed by atoms with Crippen LogP contribution < -0.4 is 15.1 Å². The second kappa shape index (κ2) is 8.36. The summed E-state index contributed by atoms with van der Waals surface area (Å²) in [5, 5.41) is 2.91. The van der Waals surface area contributed by atoms with Gasteiger partial charge in [-0.25, -0.2) is 4.98 Å². The van der Waals surface area contributed by atoms with Gasteiger partial charge in [0, 0.05) is 39.3 Å². The van der Waals surface area contributed by atoms with Gasteiger partial charge in [-0.2, -0.15) is 13.2 Å². The van der Waals surface area contributed by atoms with Crippen molar-refractivity contribution in [3.63, 3.8) is 0 Å². The molecule has 0 saturated heterocycles. The molecule has 0 aliphatic carbocycles. The van der Waals surface area contributed by atoms with E-state index in [0.29, 0.717) is 37.4 Å². The molecule has 0 fully saturated rings. The number of hydrogen-bond acceptors (Lipinski definition) is 5. The Kier molecular flexibility index (Phi) is 6.16. The zero-order valence-corrected chi connectivity index (χ0v) is 18.5. The van der Waals surface area contributed by atoms with Crippen molar-refractivity contribution in [1.82, 2.24) is 9.97 Å². The summed E-state index contributed by atoms with van der Waals surface area (Å²) in [5.41, 5.74) is 1.36. The Hall–Kier alpha value is -2.84. The van der Waals surface area contributed by atoms with E-state index in [1.165, 1.54) is 12.3 Å². The zero-order valence-electron chi connectivity index (χ0n) is 18.5. The number of aryl methyl sites for hydroxylation is 1. The molecule has 0 radical (unpaired) electrons. The molecule has 1 aliphatic rings. The van der Waals surface area contributed by atoms with Crippen LogP contribution in [-0.2, 0) is 17.5 Å². The van der Waals surface area contributed by atoms with E-state index in [1.54, 1.807) is 0 Å². The minimum absolute atomic E-state index is 0.0887. The highest BCUT2D eigenvalue weighted by molar-refractivity contribution is 5.91. The van der Waals surface area contributed by atoms with Crippen LogP contribution in [0.15, 0.2) is 24.4 Å². The van der Waals surface area contributed by atoms with Crippen LogP contribution in [0.3, 0.4) is 0 Å². The molecular formula is C22H28F3N5O. The second-order valence-electron chi connectivity index (χ2n) is 9.17. The molecule has 1 aliphatic heterocycles. The minimum Gasteiger partial charge on any atom is -0.362 e. The number of alkyl halides is 3. The molecule has 31 heavy (non-hydrogen) atoms. The lowest BCUT2D eigenvalue weighted by Gasteiger charge is -2.36. The number of hydrogen-bond donors (Lipinski definition) is 1. The fourth-order valence-corrected chi connectivity index (χ4v) is 3.45. The van der Waals surface area contributed by atoms with Gasteiger partial charge in [-0.1, -0.05) is 26.8 Å². The first-order valence-electron chi connectivity index (χ1n) is 10.1. The summed E-state index contributed by atoms with van der Waals surface area (Å²) in [6.45, 7) is 9.70. The Balaban J connectivity index is 1.83. The van der Waals surface area contributed by atoms with Crippen LogP contribution in [-0.4, -0.2) is 36.0 Å². The van der Waals surface area contributed by atoms with Gasteiger partial charge in [0.1, 0.15) is 11.5 Å². The molecule has 6 nitrogen and oxygen atoms in total. The van der Waals surface area contributed by atoms with Crippen molar-refractivity contribution < 1.29 is 18.0 Å². The molecule has 0 bridgehead atoms. The molecule has 2 aromatic rings. The van der Waals surface area contributed by atoms with E-state index in [4.69, 9.17) is 4.98 Å². The van der Waals surface area contributed by atoms with E-state index in [2.05, 4.69) is 15.2 Å². The summed E-state index contributed by atoms with van der Waals surface area (Å²) in [5.74, 6) is 1.16. The van der Waals surface area contributed by atoms with Gasteiger partial charge in [-0.05, 0) is 35.6 Å². The largest absolute Gasteiger partial charge is 0.433 e. The molecule has 0 unspecified atom stereocenters. The first kappa shape index (κ1) is 22.8. The average Bonchev–Trinajstić information content (AvgIpc) is 2.63. The lowest BCUT2D eigenvalue weighted by atomic mass is 9.92. The number of likely N-dealkylation sites (N-methyl/N-ethyl adjacent to an activating group) is 1. The van der Waals surface area contributed by atoms with Gasteiger partial charge >= 0.3 is 6.18 Å². The third-order valence-electron chi connectivity index (χ3n) is 5.02. The summed E-state index contributed by atoms with van der Waals surface area (Å²) >= 11 is 0. The number of anilines is 3. The van der Waals surface area contributed by atoms with Crippen LogP contribution in [0.25, 0.3) is 0 Å². The average molecular weight is 435 g/mol. The fourth-order valence-electron chi connectivity index (χ4n) is 3.45. The van der Waals surface area contributed by atoms with E-state index < -0.39 is 11.9 Å². The van der Waals surface area contributed by atoms with Gasteiger partial charge in [0.05, 0.1) is 5.69 Å². The van der Waals surface area contributed by atoms with Gasteiger partial charge < -0.3 is 15.1 Å². The van der Waals surface area contributed by atoms with Gasteiger partial charge in [0.15, 0.2) is 5.82 Å². The molecule has 0 aromatic carbocycles. The lowest BCUT2D eigenvalue weighted by molar-refractivity contribution is -0.141. The van der Waals surface area contributed by atoms with Gasteiger partial charge in [0.25, 0.3) is 0 Å². The number of nitrogens with one attached hydrogen (secondary N) is 1. The maximum absolute atomic E-state index is 12.8. The van der Waals surface area contributed by atoms with Gasteiger partial charge in [0.2, 0.25) is 5.91 Å². The highest BCUT2D eigenvalue weighted by atomic mass is 19.4. The van der Waals surface area contributed by atoms with Crippen molar-refractivity contribution in [2.75, 3.05) is 35.3 Å². The van der Waals surface area contributed by atoms with Crippen LogP contribution in [0.1, 0.15) is 44.0 Å². The number of halogens is 3. The number of amides is 1. The summed E-state index contributed by atoms with van der Waals surface area (Å²) in [7, 11) is 1.93. The van der Waals surface area contributed by atoms with Crippen molar-refractivity contribution in [3.8, 4) is 0 Å². The number of carbonyl (C=O) groups excluding carboxylic acids is 1. The van der Waals surface area contributed by atoms with Crippen LogP contribution in [0.5, 0.6) is 0 Å². The lowest BCUT2D eigenvalue weighted by Crippen LogP contribution is -2.39. The molecule has 9 heteroatoms. The maximum Gasteiger partial charge on any atom is 0.433 e. The van der Waals surface area contributed by atoms with Crippen molar-refractivity contribution in [1.29, 1.82) is 0 Å². The van der Waals surface area contributed by atoms with Gasteiger partial charge in [-0.3, -0.25) is 9.78 Å². The fraction of sp³-hybridized carbons (Fsp3) is 0.500. The normalized spacial score (nSPS) is 14.5. The summed E-state index contributed by atoms with van der Waals surface area (Å²) in [4.78, 5) is 24.7. The predicted octanol–water partition coefficient (Wildman–Crippen LogP) is 4.63. The van der Waals surface area contributed by atoms with E-state index >= 15 is 0 Å². The summed E-state index contributed by atoms with van der Waals surface area (Å²) < 4.78 is 38.3. The standard InChI is InChI=1S/C22H28F3N5O/c1-14-10-16-20(28-19(14)27-18(31)11-21(2,3)4)29(5)8-9-30(16)13-15-6-7-17(26-12-15)22(23,24)25/h6-7,10,12H,8-9,11,13H2,1-5H3,(H,27,28,31). The number of carbonyl (C=O) groups is 1. The molecule has 0 atom stereocenters. The summed E-state index contributed by atoms with van der Waals surface area (Å²) in [6, 6.07) is 4.42. The van der Waals surface area contributed by atoms with Crippen molar-refractivity contribution >= 4 is 23.2 Å². The maximum atomic E-state index is 12.8. The number of nitrogens with zero attached hydrogens (tertiary/aromatic N) is 4. The molecule has 2 aromatic heterocycles. The Morgan fingerprint density at radius 3 is 2.48 bits per heavy atom. The van der Waals surface area contributed by atoms with Crippen LogP contribution in [0.4, 0.5) is 30.5 Å². The van der Waals surface area contributed by atoms with Crippen molar-refractivity contribution in [2.24, 2.45) is 5.41 Å². The Morgan fingerprint density at radius 1 is 1.19 bits per heavy atom. The second-order valence-corrected chi connectivity index (χ2v) is 9.17. The molecule has 0 spiro atoms. The van der Waals surface area contributed by atoms with Crippen molar-refractivity contribution in [3.05, 3.63) is 41.2 Å². The monoisotopic (exact) mass is 435 g/mol. The third-order valence-corrected chi connectivity index (χ3v) is 5.02. The van der Waals surface area contributed by atoms with E-state index in [9.17, 15) is 18.0 Å². The zero-order chi connectivity index (χ0) is 23.0. The first-order chi connectivity index (χ1) is 14.3. The smallest absolute Gasteiger partial charge is 0.362 e. The van der Waals surface area contributed by atoms with Crippen LogP contribution in [0, 0.1) is 12.3 Å². The molecule has 3 rings (SSSR count).